The summed E-state index contributed by atoms with van der Waals surface area (Å²) in [5.41, 5.74) is 0. The molecule has 4 heteroatoms. The van der Waals surface area contributed by atoms with Gasteiger partial charge in [0, 0.05) is 5.75 Å². The van der Waals surface area contributed by atoms with Crippen LogP contribution in [0.15, 0.2) is 0 Å². The van der Waals surface area contributed by atoms with E-state index in [9.17, 15) is 0 Å². The van der Waals surface area contributed by atoms with Crippen molar-refractivity contribution in [1.82, 2.24) is 0 Å². The summed E-state index contributed by atoms with van der Waals surface area (Å²) in [7, 11) is 0. The first-order valence-corrected chi connectivity index (χ1v) is 3.45. The van der Waals surface area contributed by atoms with Gasteiger partial charge in [0.25, 0.3) is 0 Å². The van der Waals surface area contributed by atoms with Crippen molar-refractivity contribution >= 4 is 25.3 Å². The van der Waals surface area contributed by atoms with Gasteiger partial charge in [0.2, 0.25) is 0 Å². The lowest BCUT2D eigenvalue weighted by atomic mass is 10.3. The Bertz CT molecular complexity index is 52.0. The third-order valence-corrected chi connectivity index (χ3v) is 1.70. The van der Waals surface area contributed by atoms with Crippen LogP contribution in [0, 0.1) is 0 Å². The smallest absolute Gasteiger partial charge is 0.0766 e. The van der Waals surface area contributed by atoms with Gasteiger partial charge in [-0.25, -0.2) is 0 Å². The lowest BCUT2D eigenvalue weighted by molar-refractivity contribution is 0.161. The van der Waals surface area contributed by atoms with Crippen molar-refractivity contribution in [1.29, 1.82) is 0 Å². The van der Waals surface area contributed by atoms with Crippen LogP contribution in [-0.4, -0.2) is 33.9 Å². The lowest BCUT2D eigenvalue weighted by Gasteiger charge is -2.11. The monoisotopic (exact) mass is 154 g/mol. The van der Waals surface area contributed by atoms with E-state index in [2.05, 4.69) is 25.3 Å². The molecule has 8 heavy (non-hydrogen) atoms. The highest BCUT2D eigenvalue weighted by molar-refractivity contribution is 7.81. The van der Waals surface area contributed by atoms with Gasteiger partial charge in [-0.15, -0.1) is 0 Å². The molecule has 0 spiro atoms. The molecule has 0 aliphatic carbocycles. The average Bonchev–Trinajstić information content (AvgIpc) is 1.84. The van der Waals surface area contributed by atoms with Gasteiger partial charge < -0.3 is 10.2 Å². The number of hydrogen-bond donors (Lipinski definition) is 4. The van der Waals surface area contributed by atoms with E-state index < -0.39 is 6.10 Å². The fourth-order valence-corrected chi connectivity index (χ4v) is 0.770. The van der Waals surface area contributed by atoms with E-state index in [4.69, 9.17) is 10.2 Å². The largest absolute Gasteiger partial charge is 0.395 e. The van der Waals surface area contributed by atoms with Gasteiger partial charge in [-0.1, -0.05) is 0 Å². The standard InChI is InChI=1S/C4H10O2S2/c5-1-4(8)3(6)2-7/h3-8H,1-2H2/t3-,4+/m1/s1. The SMILES string of the molecule is OC[C@H](S)[C@H](O)CS. The molecule has 2 N–H and O–H groups in total. The van der Waals surface area contributed by atoms with E-state index in [0.29, 0.717) is 5.75 Å². The highest BCUT2D eigenvalue weighted by Gasteiger charge is 2.10. The van der Waals surface area contributed by atoms with Crippen LogP contribution in [-0.2, 0) is 0 Å². The molecule has 0 aliphatic rings. The number of rotatable bonds is 3. The van der Waals surface area contributed by atoms with Crippen molar-refractivity contribution in [2.75, 3.05) is 12.4 Å². The normalized spacial score (nSPS) is 18.0. The Morgan fingerprint density at radius 1 is 1.50 bits per heavy atom. The van der Waals surface area contributed by atoms with E-state index in [0.717, 1.165) is 0 Å². The molecule has 0 heterocycles. The molecule has 0 aromatic rings. The summed E-state index contributed by atoms with van der Waals surface area (Å²) in [6, 6.07) is 0. The highest BCUT2D eigenvalue weighted by atomic mass is 32.1. The minimum absolute atomic E-state index is 0.106. The number of aliphatic hydroxyl groups is 2. The Kier molecular flexibility index (Phi) is 4.84. The Balaban J connectivity index is 3.29. The Hall–Kier alpha value is 0.620. The molecular formula is C4H10O2S2. The van der Waals surface area contributed by atoms with Crippen molar-refractivity contribution in [2.24, 2.45) is 0 Å². The van der Waals surface area contributed by atoms with Gasteiger partial charge in [0.05, 0.1) is 18.0 Å². The van der Waals surface area contributed by atoms with Crippen LogP contribution < -0.4 is 0 Å². The fraction of sp³-hybridized carbons (Fsp3) is 1.00. The third-order valence-electron chi connectivity index (χ3n) is 0.818. The first-order chi connectivity index (χ1) is 3.72. The van der Waals surface area contributed by atoms with Gasteiger partial charge in [-0.2, -0.15) is 25.3 Å². The topological polar surface area (TPSA) is 40.5 Å². The Morgan fingerprint density at radius 3 is 2.12 bits per heavy atom. The fourth-order valence-electron chi connectivity index (χ4n) is 0.243. The number of aliphatic hydroxyl groups excluding tert-OH is 2. The maximum atomic E-state index is 8.81. The van der Waals surface area contributed by atoms with Gasteiger partial charge in [-0.05, 0) is 0 Å². The maximum Gasteiger partial charge on any atom is 0.0766 e. The molecule has 0 radical (unpaired) electrons. The van der Waals surface area contributed by atoms with Crippen LogP contribution >= 0.6 is 25.3 Å². The second-order valence-electron chi connectivity index (χ2n) is 1.50. The van der Waals surface area contributed by atoms with Crippen LogP contribution in [0.3, 0.4) is 0 Å². The second-order valence-corrected chi connectivity index (χ2v) is 2.53. The predicted molar refractivity (Wildman–Crippen MR) is 39.7 cm³/mol. The quantitative estimate of drug-likeness (QED) is 0.417. The average molecular weight is 154 g/mol. The molecule has 0 aromatic heterocycles. The van der Waals surface area contributed by atoms with Crippen molar-refractivity contribution in [3.8, 4) is 0 Å². The molecule has 2 atom stereocenters. The first kappa shape index (κ1) is 8.62. The van der Waals surface area contributed by atoms with E-state index in [1.54, 1.807) is 0 Å². The van der Waals surface area contributed by atoms with Crippen molar-refractivity contribution in [3.63, 3.8) is 0 Å². The van der Waals surface area contributed by atoms with Crippen LogP contribution in [0.4, 0.5) is 0 Å². The highest BCUT2D eigenvalue weighted by Crippen LogP contribution is 2.01. The minimum atomic E-state index is -0.605. The van der Waals surface area contributed by atoms with Crippen molar-refractivity contribution in [3.05, 3.63) is 0 Å². The van der Waals surface area contributed by atoms with Crippen LogP contribution in [0.5, 0.6) is 0 Å². The van der Waals surface area contributed by atoms with Gasteiger partial charge >= 0.3 is 0 Å². The minimum Gasteiger partial charge on any atom is -0.395 e. The Labute approximate surface area is 59.7 Å². The van der Waals surface area contributed by atoms with E-state index in [1.807, 2.05) is 0 Å². The van der Waals surface area contributed by atoms with E-state index >= 15 is 0 Å². The summed E-state index contributed by atoms with van der Waals surface area (Å²) in [6.07, 6.45) is -0.605. The summed E-state index contributed by atoms with van der Waals surface area (Å²) >= 11 is 7.65. The first-order valence-electron chi connectivity index (χ1n) is 2.30. The van der Waals surface area contributed by atoms with E-state index in [-0.39, 0.29) is 11.9 Å². The summed E-state index contributed by atoms with van der Waals surface area (Å²) in [5, 5.41) is 16.8. The number of hydrogen-bond acceptors (Lipinski definition) is 4. The van der Waals surface area contributed by atoms with Crippen LogP contribution in [0.2, 0.25) is 0 Å². The predicted octanol–water partition coefficient (Wildman–Crippen LogP) is -0.432. The zero-order chi connectivity index (χ0) is 6.57. The molecule has 0 saturated carbocycles. The number of thiol groups is 2. The zero-order valence-electron chi connectivity index (χ0n) is 4.36. The van der Waals surface area contributed by atoms with Crippen LogP contribution in [0.25, 0.3) is 0 Å². The van der Waals surface area contributed by atoms with E-state index in [1.165, 1.54) is 0 Å². The molecule has 0 rings (SSSR count). The molecule has 50 valence electrons. The summed E-state index contributed by atoms with van der Waals surface area (Å²) in [6.45, 7) is -0.106. The van der Waals surface area contributed by atoms with Gasteiger partial charge in [0.15, 0.2) is 0 Å². The zero-order valence-corrected chi connectivity index (χ0v) is 6.15. The molecule has 0 aromatic carbocycles. The molecular weight excluding hydrogens is 144 g/mol. The molecule has 0 unspecified atom stereocenters. The Morgan fingerprint density at radius 2 is 2.00 bits per heavy atom. The molecule has 0 aliphatic heterocycles. The summed E-state index contributed by atoms with van der Waals surface area (Å²) in [5.74, 6) is 0.342. The lowest BCUT2D eigenvalue weighted by Crippen LogP contribution is -2.25. The molecule has 2 nitrogen and oxygen atoms in total. The maximum absolute atomic E-state index is 8.81. The summed E-state index contributed by atoms with van der Waals surface area (Å²) < 4.78 is 0. The summed E-state index contributed by atoms with van der Waals surface area (Å²) in [4.78, 5) is 0. The van der Waals surface area contributed by atoms with Crippen LogP contribution in [0.1, 0.15) is 0 Å². The third kappa shape index (κ3) is 2.81. The van der Waals surface area contributed by atoms with Crippen molar-refractivity contribution in [2.45, 2.75) is 11.4 Å². The van der Waals surface area contributed by atoms with Crippen molar-refractivity contribution < 1.29 is 10.2 Å². The molecule has 0 saturated heterocycles. The second kappa shape index (κ2) is 4.49. The molecule has 0 bridgehead atoms. The van der Waals surface area contributed by atoms with Gasteiger partial charge in [-0.3, -0.25) is 0 Å². The molecule has 0 fully saturated rings. The molecule has 0 amide bonds. The van der Waals surface area contributed by atoms with Gasteiger partial charge in [0.1, 0.15) is 0 Å².